The summed E-state index contributed by atoms with van der Waals surface area (Å²) in [6, 6.07) is 8.41. The van der Waals surface area contributed by atoms with Crippen molar-refractivity contribution in [3.8, 4) is 12.1 Å². The number of rotatable bonds is 2. The van der Waals surface area contributed by atoms with Gasteiger partial charge in [-0.2, -0.15) is 10.5 Å². The van der Waals surface area contributed by atoms with Gasteiger partial charge in [0, 0.05) is 9.75 Å². The molecule has 0 aliphatic rings. The SMILES string of the molecule is CC.CC.Cc1cc(C#N)sc1C(C)C.Cc1cc(C(C)C)sc1C#N. The molecule has 0 radical (unpaired) electrons. The lowest BCUT2D eigenvalue weighted by molar-refractivity contribution is 0.881. The van der Waals surface area contributed by atoms with Gasteiger partial charge in [-0.25, -0.2) is 0 Å². The largest absolute Gasteiger partial charge is 0.192 e. The molecule has 144 valence electrons. The summed E-state index contributed by atoms with van der Waals surface area (Å²) in [5.74, 6) is 1.09. The van der Waals surface area contributed by atoms with Gasteiger partial charge in [0.2, 0.25) is 0 Å². The van der Waals surface area contributed by atoms with E-state index in [2.05, 4.69) is 52.8 Å². The Balaban J connectivity index is 0. The monoisotopic (exact) mass is 390 g/mol. The minimum Gasteiger partial charge on any atom is -0.192 e. The van der Waals surface area contributed by atoms with Crippen LogP contribution in [0, 0.1) is 36.5 Å². The van der Waals surface area contributed by atoms with Gasteiger partial charge >= 0.3 is 0 Å². The van der Waals surface area contributed by atoms with Crippen LogP contribution in [0.15, 0.2) is 12.1 Å². The quantitative estimate of drug-likeness (QED) is 0.519. The van der Waals surface area contributed by atoms with E-state index in [1.54, 1.807) is 22.7 Å². The molecule has 0 aliphatic carbocycles. The summed E-state index contributed by atoms with van der Waals surface area (Å²) in [4.78, 5) is 4.32. The molecule has 2 nitrogen and oxygen atoms in total. The molecule has 2 aromatic heterocycles. The molecule has 0 unspecified atom stereocenters. The maximum atomic E-state index is 8.67. The fourth-order valence-electron chi connectivity index (χ4n) is 2.03. The molecule has 2 heterocycles. The standard InChI is InChI=1S/2C9H11NS.2C2H6/c1-6(2)8-4-7(3)9(5-10)11-8;1-6(2)9-7(3)4-8(5-10)11-9;2*1-2/h2*4,6H,1-3H3;2*1-2H3. The highest BCUT2D eigenvalue weighted by atomic mass is 32.1. The van der Waals surface area contributed by atoms with Gasteiger partial charge in [0.1, 0.15) is 21.9 Å². The van der Waals surface area contributed by atoms with Crippen LogP contribution in [0.2, 0.25) is 0 Å². The number of thiophene rings is 2. The van der Waals surface area contributed by atoms with E-state index in [4.69, 9.17) is 10.5 Å². The van der Waals surface area contributed by atoms with Gasteiger partial charge in [0.25, 0.3) is 0 Å². The first-order valence-electron chi connectivity index (χ1n) is 9.31. The third kappa shape index (κ3) is 8.65. The molecule has 0 bridgehead atoms. The molecule has 0 aromatic carbocycles. The molecule has 0 saturated heterocycles. The first-order valence-corrected chi connectivity index (χ1v) is 10.9. The first kappa shape index (κ1) is 26.6. The summed E-state index contributed by atoms with van der Waals surface area (Å²) in [6.45, 7) is 20.6. The molecule has 0 aliphatic heterocycles. The summed E-state index contributed by atoms with van der Waals surface area (Å²) in [7, 11) is 0. The minimum atomic E-state index is 0.542. The van der Waals surface area contributed by atoms with Gasteiger partial charge in [-0.3, -0.25) is 0 Å². The van der Waals surface area contributed by atoms with E-state index in [1.807, 2.05) is 40.7 Å². The van der Waals surface area contributed by atoms with E-state index in [-0.39, 0.29) is 0 Å². The number of nitriles is 2. The predicted molar refractivity (Wildman–Crippen MR) is 118 cm³/mol. The summed E-state index contributed by atoms with van der Waals surface area (Å²) in [5.41, 5.74) is 2.36. The summed E-state index contributed by atoms with van der Waals surface area (Å²) >= 11 is 3.21. The maximum Gasteiger partial charge on any atom is 0.110 e. The van der Waals surface area contributed by atoms with Gasteiger partial charge in [0.05, 0.1) is 0 Å². The second-order valence-electron chi connectivity index (χ2n) is 5.85. The van der Waals surface area contributed by atoms with Crippen LogP contribution in [0.5, 0.6) is 0 Å². The zero-order valence-electron chi connectivity index (χ0n) is 18.0. The number of aryl methyl sites for hydroxylation is 2. The smallest absolute Gasteiger partial charge is 0.110 e. The molecule has 2 rings (SSSR count). The minimum absolute atomic E-state index is 0.542. The lowest BCUT2D eigenvalue weighted by Crippen LogP contribution is -1.82. The molecule has 2 aromatic rings. The van der Waals surface area contributed by atoms with Crippen molar-refractivity contribution >= 4 is 22.7 Å². The molecule has 4 heteroatoms. The molecule has 0 saturated carbocycles. The Bertz CT molecular complexity index is 708. The van der Waals surface area contributed by atoms with Crippen LogP contribution in [-0.2, 0) is 0 Å². The Morgan fingerprint density at radius 2 is 1.31 bits per heavy atom. The lowest BCUT2D eigenvalue weighted by Gasteiger charge is -2.00. The van der Waals surface area contributed by atoms with Crippen molar-refractivity contribution < 1.29 is 0 Å². The maximum absolute atomic E-state index is 8.67. The Labute approximate surface area is 169 Å². The number of hydrogen-bond acceptors (Lipinski definition) is 4. The topological polar surface area (TPSA) is 47.6 Å². The van der Waals surface area contributed by atoms with E-state index in [9.17, 15) is 0 Å². The molecular formula is C22H34N2S2. The van der Waals surface area contributed by atoms with E-state index in [1.165, 1.54) is 15.3 Å². The highest BCUT2D eigenvalue weighted by Gasteiger charge is 2.08. The zero-order chi connectivity index (χ0) is 20.9. The van der Waals surface area contributed by atoms with E-state index in [0.717, 1.165) is 15.3 Å². The van der Waals surface area contributed by atoms with Crippen LogP contribution in [0.25, 0.3) is 0 Å². The second-order valence-corrected chi connectivity index (χ2v) is 8.02. The van der Waals surface area contributed by atoms with Crippen molar-refractivity contribution in [2.45, 2.75) is 81.1 Å². The average molecular weight is 391 g/mol. The van der Waals surface area contributed by atoms with E-state index >= 15 is 0 Å². The normalized spacial score (nSPS) is 9.00. The van der Waals surface area contributed by atoms with Crippen LogP contribution >= 0.6 is 22.7 Å². The van der Waals surface area contributed by atoms with Crippen molar-refractivity contribution in [3.63, 3.8) is 0 Å². The zero-order valence-corrected chi connectivity index (χ0v) is 19.7. The molecule has 0 N–H and O–H groups in total. The first-order chi connectivity index (χ1) is 12.3. The second kappa shape index (κ2) is 14.5. The molecule has 0 fully saturated rings. The van der Waals surface area contributed by atoms with Crippen LogP contribution in [-0.4, -0.2) is 0 Å². The van der Waals surface area contributed by atoms with Crippen molar-refractivity contribution in [3.05, 3.63) is 42.8 Å². The van der Waals surface area contributed by atoms with Crippen LogP contribution in [0.1, 0.15) is 97.9 Å². The van der Waals surface area contributed by atoms with Crippen molar-refractivity contribution in [2.24, 2.45) is 0 Å². The highest BCUT2D eigenvalue weighted by Crippen LogP contribution is 2.28. The molecule has 26 heavy (non-hydrogen) atoms. The fourth-order valence-corrected chi connectivity index (χ4v) is 3.97. The van der Waals surface area contributed by atoms with Crippen molar-refractivity contribution in [1.82, 2.24) is 0 Å². The average Bonchev–Trinajstić information content (AvgIpc) is 3.21. The predicted octanol–water partition coefficient (Wildman–Crippen LogP) is 8.16. The van der Waals surface area contributed by atoms with Gasteiger partial charge in [0.15, 0.2) is 0 Å². The van der Waals surface area contributed by atoms with Crippen molar-refractivity contribution in [2.75, 3.05) is 0 Å². The van der Waals surface area contributed by atoms with Crippen LogP contribution in [0.4, 0.5) is 0 Å². The highest BCUT2D eigenvalue weighted by molar-refractivity contribution is 7.13. The van der Waals surface area contributed by atoms with Crippen LogP contribution in [0.3, 0.4) is 0 Å². The number of nitrogens with zero attached hydrogens (tertiary/aromatic N) is 2. The molecule has 0 atom stereocenters. The Kier molecular flexibility index (Phi) is 14.9. The number of hydrogen-bond donors (Lipinski definition) is 0. The molecular weight excluding hydrogens is 356 g/mol. The summed E-state index contributed by atoms with van der Waals surface area (Å²) in [5, 5.41) is 17.3. The Morgan fingerprint density at radius 3 is 1.54 bits per heavy atom. The van der Waals surface area contributed by atoms with E-state index in [0.29, 0.717) is 11.8 Å². The third-order valence-electron chi connectivity index (χ3n) is 3.20. The lowest BCUT2D eigenvalue weighted by atomic mass is 10.1. The third-order valence-corrected chi connectivity index (χ3v) is 6.08. The van der Waals surface area contributed by atoms with Gasteiger partial charge < -0.3 is 0 Å². The summed E-state index contributed by atoms with van der Waals surface area (Å²) < 4.78 is 0. The van der Waals surface area contributed by atoms with Gasteiger partial charge in [-0.1, -0.05) is 55.4 Å². The Hall–Kier alpha value is -1.62. The van der Waals surface area contributed by atoms with Gasteiger partial charge in [-0.05, 0) is 48.9 Å². The summed E-state index contributed by atoms with van der Waals surface area (Å²) in [6.07, 6.45) is 0. The molecule has 0 spiro atoms. The Morgan fingerprint density at radius 1 is 0.769 bits per heavy atom. The van der Waals surface area contributed by atoms with E-state index < -0.39 is 0 Å². The van der Waals surface area contributed by atoms with Crippen molar-refractivity contribution in [1.29, 1.82) is 10.5 Å². The van der Waals surface area contributed by atoms with Gasteiger partial charge in [-0.15, -0.1) is 22.7 Å². The fraction of sp³-hybridized carbons (Fsp3) is 0.545. The van der Waals surface area contributed by atoms with Crippen LogP contribution < -0.4 is 0 Å². The molecule has 0 amide bonds.